The fourth-order valence-corrected chi connectivity index (χ4v) is 3.98. The Bertz CT molecular complexity index is 938. The predicted octanol–water partition coefficient (Wildman–Crippen LogP) is 3.57. The summed E-state index contributed by atoms with van der Waals surface area (Å²) < 4.78 is 53.8. The fourth-order valence-electron chi connectivity index (χ4n) is 2.16. The number of nitrogens with one attached hydrogen (secondary N) is 1. The Balaban J connectivity index is 1.82. The number of aromatic nitrogens is 1. The molecule has 1 N–H and O–H groups in total. The average molecular weight is 366 g/mol. The second-order valence-corrected chi connectivity index (χ2v) is 7.45. The summed E-state index contributed by atoms with van der Waals surface area (Å²) in [4.78, 5) is 3.09. The SMILES string of the molecule is O=S(=O)(NCc1cncc(-c2ccsc2)c1)c1c(F)cccc1F. The molecule has 124 valence electrons. The van der Waals surface area contributed by atoms with Crippen LogP contribution in [0.1, 0.15) is 5.56 Å². The van der Waals surface area contributed by atoms with Gasteiger partial charge in [-0.25, -0.2) is 21.9 Å². The highest BCUT2D eigenvalue weighted by Crippen LogP contribution is 2.22. The number of thiophene rings is 1. The van der Waals surface area contributed by atoms with Crippen LogP contribution in [0.2, 0.25) is 0 Å². The van der Waals surface area contributed by atoms with Gasteiger partial charge in [-0.15, -0.1) is 0 Å². The third-order valence-corrected chi connectivity index (χ3v) is 5.44. The molecule has 0 unspecified atom stereocenters. The second kappa shape index (κ2) is 6.76. The number of hydrogen-bond donors (Lipinski definition) is 1. The molecule has 24 heavy (non-hydrogen) atoms. The molecule has 0 atom stereocenters. The topological polar surface area (TPSA) is 59.1 Å². The van der Waals surface area contributed by atoms with Crippen molar-refractivity contribution in [1.29, 1.82) is 0 Å². The van der Waals surface area contributed by atoms with E-state index in [1.807, 2.05) is 16.8 Å². The van der Waals surface area contributed by atoms with Gasteiger partial charge < -0.3 is 0 Å². The molecule has 1 aromatic carbocycles. The van der Waals surface area contributed by atoms with Gasteiger partial charge in [0.05, 0.1) is 0 Å². The van der Waals surface area contributed by atoms with Gasteiger partial charge >= 0.3 is 0 Å². The minimum Gasteiger partial charge on any atom is -0.264 e. The van der Waals surface area contributed by atoms with Crippen molar-refractivity contribution in [2.75, 3.05) is 0 Å². The van der Waals surface area contributed by atoms with E-state index in [0.717, 1.165) is 29.3 Å². The normalized spacial score (nSPS) is 11.6. The summed E-state index contributed by atoms with van der Waals surface area (Å²) in [7, 11) is -4.31. The van der Waals surface area contributed by atoms with E-state index in [4.69, 9.17) is 0 Å². The fraction of sp³-hybridized carbons (Fsp3) is 0.0625. The number of rotatable bonds is 5. The van der Waals surface area contributed by atoms with Crippen LogP contribution >= 0.6 is 11.3 Å². The molecule has 2 aromatic heterocycles. The molecule has 0 amide bonds. The number of pyridine rings is 1. The van der Waals surface area contributed by atoms with E-state index in [0.29, 0.717) is 5.56 Å². The van der Waals surface area contributed by atoms with Gasteiger partial charge in [-0.05, 0) is 46.2 Å². The van der Waals surface area contributed by atoms with E-state index < -0.39 is 26.6 Å². The molecule has 0 aliphatic rings. The first-order valence-corrected chi connectivity index (χ1v) is 9.30. The molecule has 0 radical (unpaired) electrons. The third kappa shape index (κ3) is 3.50. The van der Waals surface area contributed by atoms with Gasteiger partial charge in [0.2, 0.25) is 10.0 Å². The van der Waals surface area contributed by atoms with Crippen LogP contribution in [0.5, 0.6) is 0 Å². The Hall–Kier alpha value is -2.16. The maximum atomic E-state index is 13.7. The van der Waals surface area contributed by atoms with Gasteiger partial charge in [0.1, 0.15) is 11.6 Å². The van der Waals surface area contributed by atoms with Crippen molar-refractivity contribution in [3.8, 4) is 11.1 Å². The second-order valence-electron chi connectivity index (χ2n) is 4.97. The zero-order valence-electron chi connectivity index (χ0n) is 12.2. The predicted molar refractivity (Wildman–Crippen MR) is 87.9 cm³/mol. The molecule has 4 nitrogen and oxygen atoms in total. The van der Waals surface area contributed by atoms with Crippen LogP contribution in [0.15, 0.2) is 58.4 Å². The van der Waals surface area contributed by atoms with Gasteiger partial charge in [-0.2, -0.15) is 11.3 Å². The van der Waals surface area contributed by atoms with Crippen LogP contribution in [0.25, 0.3) is 11.1 Å². The molecule has 8 heteroatoms. The van der Waals surface area contributed by atoms with Gasteiger partial charge in [0.25, 0.3) is 0 Å². The lowest BCUT2D eigenvalue weighted by atomic mass is 10.1. The molecule has 3 rings (SSSR count). The lowest BCUT2D eigenvalue weighted by Gasteiger charge is -2.09. The van der Waals surface area contributed by atoms with Crippen LogP contribution in [0.3, 0.4) is 0 Å². The molecule has 0 spiro atoms. The monoisotopic (exact) mass is 366 g/mol. The van der Waals surface area contributed by atoms with Crippen molar-refractivity contribution in [2.24, 2.45) is 0 Å². The van der Waals surface area contributed by atoms with Gasteiger partial charge in [0.15, 0.2) is 4.90 Å². The highest BCUT2D eigenvalue weighted by atomic mass is 32.2. The first-order valence-electron chi connectivity index (χ1n) is 6.87. The van der Waals surface area contributed by atoms with Crippen molar-refractivity contribution < 1.29 is 17.2 Å². The number of nitrogens with zero attached hydrogens (tertiary/aromatic N) is 1. The van der Waals surface area contributed by atoms with Crippen LogP contribution in [0, 0.1) is 11.6 Å². The Morgan fingerprint density at radius 3 is 2.50 bits per heavy atom. The first-order chi connectivity index (χ1) is 11.5. The zero-order chi connectivity index (χ0) is 17.2. The Labute approximate surface area is 141 Å². The molecule has 0 bridgehead atoms. The van der Waals surface area contributed by atoms with Crippen LogP contribution in [-0.4, -0.2) is 13.4 Å². The van der Waals surface area contributed by atoms with E-state index in [2.05, 4.69) is 9.71 Å². The molecule has 0 saturated heterocycles. The Kier molecular flexibility index (Phi) is 4.70. The van der Waals surface area contributed by atoms with E-state index in [1.165, 1.54) is 17.5 Å². The summed E-state index contributed by atoms with van der Waals surface area (Å²) in [5, 5.41) is 3.87. The van der Waals surface area contributed by atoms with Crippen LogP contribution < -0.4 is 4.72 Å². The minimum atomic E-state index is -4.31. The highest BCUT2D eigenvalue weighted by Gasteiger charge is 2.23. The summed E-state index contributed by atoms with van der Waals surface area (Å²) in [6.45, 7) is -0.124. The number of sulfonamides is 1. The largest absolute Gasteiger partial charge is 0.264 e. The summed E-state index contributed by atoms with van der Waals surface area (Å²) in [5.41, 5.74) is 2.39. The quantitative estimate of drug-likeness (QED) is 0.751. The third-order valence-electron chi connectivity index (χ3n) is 3.30. The average Bonchev–Trinajstić information content (AvgIpc) is 3.07. The number of hydrogen-bond acceptors (Lipinski definition) is 4. The molecular weight excluding hydrogens is 354 g/mol. The number of halogens is 2. The van der Waals surface area contributed by atoms with Crippen molar-refractivity contribution in [3.63, 3.8) is 0 Å². The molecule has 0 fully saturated rings. The van der Waals surface area contributed by atoms with E-state index in [1.54, 1.807) is 12.3 Å². The summed E-state index contributed by atoms with van der Waals surface area (Å²) in [6, 6.07) is 6.60. The van der Waals surface area contributed by atoms with Crippen LogP contribution in [0.4, 0.5) is 8.78 Å². The molecule has 0 saturated carbocycles. The lowest BCUT2D eigenvalue weighted by molar-refractivity contribution is 0.514. The van der Waals surface area contributed by atoms with Crippen LogP contribution in [-0.2, 0) is 16.6 Å². The highest BCUT2D eigenvalue weighted by molar-refractivity contribution is 7.89. The maximum absolute atomic E-state index is 13.7. The molecule has 2 heterocycles. The summed E-state index contributed by atoms with van der Waals surface area (Å²) >= 11 is 1.54. The molecular formula is C16H12F2N2O2S2. The Morgan fingerprint density at radius 2 is 1.83 bits per heavy atom. The van der Waals surface area contributed by atoms with E-state index >= 15 is 0 Å². The number of benzene rings is 1. The standard InChI is InChI=1S/C16H12F2N2O2S2/c17-14-2-1-3-15(18)16(14)24(21,22)20-8-11-6-13(9-19-7-11)12-4-5-23-10-12/h1-7,9-10,20H,8H2. The van der Waals surface area contributed by atoms with Crippen molar-refractivity contribution in [1.82, 2.24) is 9.71 Å². The summed E-state index contributed by atoms with van der Waals surface area (Å²) in [6.07, 6.45) is 3.16. The lowest BCUT2D eigenvalue weighted by Crippen LogP contribution is -2.25. The summed E-state index contributed by atoms with van der Waals surface area (Å²) in [5.74, 6) is -2.26. The van der Waals surface area contributed by atoms with E-state index in [-0.39, 0.29) is 6.54 Å². The molecule has 3 aromatic rings. The van der Waals surface area contributed by atoms with Crippen molar-refractivity contribution in [2.45, 2.75) is 11.4 Å². The maximum Gasteiger partial charge on any atom is 0.246 e. The van der Waals surface area contributed by atoms with Gasteiger partial charge in [-0.1, -0.05) is 6.07 Å². The van der Waals surface area contributed by atoms with Gasteiger partial charge in [-0.3, -0.25) is 4.98 Å². The van der Waals surface area contributed by atoms with E-state index in [9.17, 15) is 17.2 Å². The smallest absolute Gasteiger partial charge is 0.246 e. The zero-order valence-corrected chi connectivity index (χ0v) is 13.9. The Morgan fingerprint density at radius 1 is 1.08 bits per heavy atom. The minimum absolute atomic E-state index is 0.124. The molecule has 0 aliphatic carbocycles. The van der Waals surface area contributed by atoms with Gasteiger partial charge in [0, 0.05) is 24.5 Å². The van der Waals surface area contributed by atoms with Crippen molar-refractivity contribution in [3.05, 3.63) is 70.7 Å². The molecule has 0 aliphatic heterocycles. The van der Waals surface area contributed by atoms with Crippen molar-refractivity contribution >= 4 is 21.4 Å². The first kappa shape index (κ1) is 16.7.